The second-order valence-electron chi connectivity index (χ2n) is 5.91. The maximum Gasteiger partial charge on any atom is 0.331 e. The fourth-order valence-corrected chi connectivity index (χ4v) is 2.48. The number of ether oxygens (including phenoxy) is 2. The lowest BCUT2D eigenvalue weighted by atomic mass is 10.2. The van der Waals surface area contributed by atoms with E-state index >= 15 is 0 Å². The molecule has 2 aromatic rings. The maximum atomic E-state index is 12.5. The Morgan fingerprint density at radius 2 is 1.81 bits per heavy atom. The van der Waals surface area contributed by atoms with Crippen LogP contribution in [0.1, 0.15) is 19.4 Å². The van der Waals surface area contributed by atoms with E-state index < -0.39 is 5.97 Å². The molecule has 0 aliphatic carbocycles. The number of carbonyl (C=O) groups excluding carboxylic acids is 2. The van der Waals surface area contributed by atoms with Crippen molar-refractivity contribution in [2.45, 2.75) is 19.9 Å². The Kier molecular flexibility index (Phi) is 6.97. The first kappa shape index (κ1) is 19.2. The van der Waals surface area contributed by atoms with Gasteiger partial charge in [-0.3, -0.25) is 4.79 Å². The van der Waals surface area contributed by atoms with E-state index in [9.17, 15) is 9.59 Å². The van der Waals surface area contributed by atoms with Crippen molar-refractivity contribution in [1.29, 1.82) is 0 Å². The lowest BCUT2D eigenvalue weighted by Crippen LogP contribution is -2.39. The largest absolute Gasteiger partial charge is 0.497 e. The zero-order valence-electron chi connectivity index (χ0n) is 15.2. The molecule has 1 amide bonds. The summed E-state index contributed by atoms with van der Waals surface area (Å²) < 4.78 is 10.2. The van der Waals surface area contributed by atoms with Crippen molar-refractivity contribution in [1.82, 2.24) is 0 Å². The molecule has 5 heteroatoms. The third-order valence-electron chi connectivity index (χ3n) is 3.66. The van der Waals surface area contributed by atoms with Crippen LogP contribution < -0.4 is 9.64 Å². The fourth-order valence-electron chi connectivity index (χ4n) is 2.48. The van der Waals surface area contributed by atoms with Gasteiger partial charge in [-0.15, -0.1) is 0 Å². The molecule has 0 aromatic heterocycles. The molecule has 0 saturated heterocycles. The third-order valence-corrected chi connectivity index (χ3v) is 3.66. The summed E-state index contributed by atoms with van der Waals surface area (Å²) in [6, 6.07) is 16.5. The summed E-state index contributed by atoms with van der Waals surface area (Å²) in [7, 11) is 1.58. The van der Waals surface area contributed by atoms with Gasteiger partial charge < -0.3 is 14.4 Å². The number of para-hydroxylation sites is 1. The third kappa shape index (κ3) is 5.48. The summed E-state index contributed by atoms with van der Waals surface area (Å²) in [5.74, 6) is -0.140. The van der Waals surface area contributed by atoms with Gasteiger partial charge in [0.1, 0.15) is 5.75 Å². The van der Waals surface area contributed by atoms with Crippen LogP contribution in [-0.4, -0.2) is 31.6 Å². The van der Waals surface area contributed by atoms with E-state index in [-0.39, 0.29) is 18.6 Å². The Balaban J connectivity index is 1.94. The average molecular weight is 353 g/mol. The van der Waals surface area contributed by atoms with Crippen LogP contribution in [0.15, 0.2) is 60.7 Å². The van der Waals surface area contributed by atoms with Gasteiger partial charge in [0.15, 0.2) is 6.61 Å². The Hall–Kier alpha value is -3.08. The van der Waals surface area contributed by atoms with Crippen molar-refractivity contribution >= 4 is 23.6 Å². The number of rotatable bonds is 7. The van der Waals surface area contributed by atoms with Crippen LogP contribution in [0.4, 0.5) is 5.69 Å². The zero-order valence-corrected chi connectivity index (χ0v) is 15.2. The quantitative estimate of drug-likeness (QED) is 0.563. The molecule has 0 spiro atoms. The highest BCUT2D eigenvalue weighted by Crippen LogP contribution is 2.17. The van der Waals surface area contributed by atoms with E-state index in [1.54, 1.807) is 24.2 Å². The van der Waals surface area contributed by atoms with Crippen molar-refractivity contribution in [3.05, 3.63) is 66.2 Å². The first-order valence-corrected chi connectivity index (χ1v) is 8.37. The number of hydrogen-bond acceptors (Lipinski definition) is 4. The van der Waals surface area contributed by atoms with Gasteiger partial charge in [0.2, 0.25) is 0 Å². The van der Waals surface area contributed by atoms with Gasteiger partial charge in [0, 0.05) is 17.8 Å². The van der Waals surface area contributed by atoms with Crippen LogP contribution in [0.3, 0.4) is 0 Å². The van der Waals surface area contributed by atoms with Crippen LogP contribution in [-0.2, 0) is 14.3 Å². The van der Waals surface area contributed by atoms with Gasteiger partial charge in [-0.2, -0.15) is 0 Å². The topological polar surface area (TPSA) is 55.8 Å². The molecule has 0 saturated carbocycles. The first-order chi connectivity index (χ1) is 12.5. The van der Waals surface area contributed by atoms with Crippen molar-refractivity contribution < 1.29 is 19.1 Å². The van der Waals surface area contributed by atoms with E-state index in [0.29, 0.717) is 5.75 Å². The van der Waals surface area contributed by atoms with Crippen LogP contribution in [0.2, 0.25) is 0 Å². The highest BCUT2D eigenvalue weighted by Gasteiger charge is 2.19. The van der Waals surface area contributed by atoms with Crippen molar-refractivity contribution in [3.8, 4) is 5.75 Å². The summed E-state index contributed by atoms with van der Waals surface area (Å²) in [5, 5.41) is 0. The average Bonchev–Trinajstić information content (AvgIpc) is 2.65. The van der Waals surface area contributed by atoms with Gasteiger partial charge in [-0.25, -0.2) is 4.79 Å². The second-order valence-corrected chi connectivity index (χ2v) is 5.91. The fraction of sp³-hybridized carbons (Fsp3) is 0.238. The summed E-state index contributed by atoms with van der Waals surface area (Å²) in [6.45, 7) is 3.51. The lowest BCUT2D eigenvalue weighted by Gasteiger charge is -2.26. The van der Waals surface area contributed by atoms with E-state index in [0.717, 1.165) is 11.3 Å². The molecule has 0 bridgehead atoms. The lowest BCUT2D eigenvalue weighted by molar-refractivity contribution is -0.143. The molecule has 0 aliphatic rings. The van der Waals surface area contributed by atoms with Gasteiger partial charge in [-0.05, 0) is 49.8 Å². The van der Waals surface area contributed by atoms with Crippen molar-refractivity contribution in [2.24, 2.45) is 0 Å². The molecule has 2 rings (SSSR count). The molecule has 0 heterocycles. The molecule has 136 valence electrons. The highest BCUT2D eigenvalue weighted by molar-refractivity contribution is 5.96. The minimum absolute atomic E-state index is 0.0454. The molecule has 26 heavy (non-hydrogen) atoms. The maximum absolute atomic E-state index is 12.5. The number of benzene rings is 2. The molecule has 0 N–H and O–H groups in total. The second kappa shape index (κ2) is 9.42. The predicted molar refractivity (Wildman–Crippen MR) is 102 cm³/mol. The smallest absolute Gasteiger partial charge is 0.331 e. The SMILES string of the molecule is COc1cccc(/C=C\C(=O)OCC(=O)N(c2ccccc2)C(C)C)c1. The summed E-state index contributed by atoms with van der Waals surface area (Å²) >= 11 is 0. The van der Waals surface area contributed by atoms with Gasteiger partial charge in [0.25, 0.3) is 5.91 Å². The Bertz CT molecular complexity index is 769. The first-order valence-electron chi connectivity index (χ1n) is 8.37. The number of amides is 1. The van der Waals surface area contributed by atoms with Gasteiger partial charge in [-0.1, -0.05) is 30.3 Å². The number of nitrogens with zero attached hydrogens (tertiary/aromatic N) is 1. The molecule has 5 nitrogen and oxygen atoms in total. The Labute approximate surface area is 153 Å². The Morgan fingerprint density at radius 3 is 2.46 bits per heavy atom. The molecule has 0 aliphatic heterocycles. The van der Waals surface area contributed by atoms with E-state index in [2.05, 4.69) is 0 Å². The molecule has 0 atom stereocenters. The predicted octanol–water partition coefficient (Wildman–Crippen LogP) is 3.69. The summed E-state index contributed by atoms with van der Waals surface area (Å²) in [6.07, 6.45) is 2.91. The van der Waals surface area contributed by atoms with Crippen LogP contribution in [0.5, 0.6) is 5.75 Å². The highest BCUT2D eigenvalue weighted by atomic mass is 16.5. The number of hydrogen-bond donors (Lipinski definition) is 0. The van der Waals surface area contributed by atoms with Crippen molar-refractivity contribution in [2.75, 3.05) is 18.6 Å². The number of anilines is 1. The molecule has 0 radical (unpaired) electrons. The minimum Gasteiger partial charge on any atom is -0.497 e. The monoisotopic (exact) mass is 353 g/mol. The number of esters is 1. The molecular weight excluding hydrogens is 330 g/mol. The minimum atomic E-state index is -0.571. The number of carbonyl (C=O) groups is 2. The molecule has 0 fully saturated rings. The number of methoxy groups -OCH3 is 1. The summed E-state index contributed by atoms with van der Waals surface area (Å²) in [5.41, 5.74) is 1.58. The summed E-state index contributed by atoms with van der Waals surface area (Å²) in [4.78, 5) is 26.0. The van der Waals surface area contributed by atoms with E-state index in [1.165, 1.54) is 6.08 Å². The molecular formula is C21H23NO4. The van der Waals surface area contributed by atoms with Gasteiger partial charge >= 0.3 is 5.97 Å². The molecule has 0 unspecified atom stereocenters. The van der Waals surface area contributed by atoms with Gasteiger partial charge in [0.05, 0.1) is 7.11 Å². The van der Waals surface area contributed by atoms with E-state index in [1.807, 2.05) is 62.4 Å². The zero-order chi connectivity index (χ0) is 18.9. The van der Waals surface area contributed by atoms with Crippen molar-refractivity contribution in [3.63, 3.8) is 0 Å². The normalized spacial score (nSPS) is 10.8. The van der Waals surface area contributed by atoms with E-state index in [4.69, 9.17) is 9.47 Å². The van der Waals surface area contributed by atoms with Crippen LogP contribution in [0.25, 0.3) is 6.08 Å². The van der Waals surface area contributed by atoms with Crippen LogP contribution in [0, 0.1) is 0 Å². The Morgan fingerprint density at radius 1 is 1.08 bits per heavy atom. The molecule has 2 aromatic carbocycles. The van der Waals surface area contributed by atoms with Crippen LogP contribution >= 0.6 is 0 Å². The standard InChI is InChI=1S/C21H23NO4/c1-16(2)22(18-9-5-4-6-10-18)20(23)15-26-21(24)13-12-17-8-7-11-19(14-17)25-3/h4-14,16H,15H2,1-3H3/b13-12-.